The number of rotatable bonds is 3. The van der Waals surface area contributed by atoms with Gasteiger partial charge in [0, 0.05) is 19.0 Å². The molecule has 4 nitrogen and oxygen atoms in total. The minimum atomic E-state index is 0.0855. The zero-order chi connectivity index (χ0) is 12.4. The number of likely N-dealkylation sites (N-methyl/N-ethyl adjacent to an activating group) is 1. The fourth-order valence-corrected chi connectivity index (χ4v) is 2.10. The Morgan fingerprint density at radius 1 is 1.59 bits per heavy atom. The summed E-state index contributed by atoms with van der Waals surface area (Å²) in [7, 11) is 2.01. The molecule has 0 radical (unpaired) electrons. The summed E-state index contributed by atoms with van der Waals surface area (Å²) in [6.45, 7) is 3.26. The third-order valence-electron chi connectivity index (χ3n) is 2.92. The van der Waals surface area contributed by atoms with Gasteiger partial charge in [-0.2, -0.15) is 0 Å². The van der Waals surface area contributed by atoms with Gasteiger partial charge >= 0.3 is 0 Å². The van der Waals surface area contributed by atoms with Gasteiger partial charge in [0.25, 0.3) is 0 Å². The largest absolute Gasteiger partial charge is 0.487 e. The van der Waals surface area contributed by atoms with Gasteiger partial charge in [-0.3, -0.25) is 4.79 Å². The highest BCUT2D eigenvalue weighted by molar-refractivity contribution is 5.97. The number of hydrogen-bond acceptors (Lipinski definition) is 4. The molecule has 0 aliphatic carbocycles. The quantitative estimate of drug-likeness (QED) is 0.804. The van der Waals surface area contributed by atoms with Gasteiger partial charge in [0.2, 0.25) is 0 Å². The second-order valence-electron chi connectivity index (χ2n) is 4.45. The maximum Gasteiger partial charge on any atom is 0.164 e. The minimum Gasteiger partial charge on any atom is -0.487 e. The molecule has 92 valence electrons. The number of Topliss-reactive ketones (excluding diaryl/α,β-unsaturated/α-hetero) is 1. The Morgan fingerprint density at radius 2 is 2.35 bits per heavy atom. The monoisotopic (exact) mass is 234 g/mol. The van der Waals surface area contributed by atoms with E-state index in [9.17, 15) is 4.79 Å². The van der Waals surface area contributed by atoms with Crippen LogP contribution < -0.4 is 15.4 Å². The molecule has 1 unspecified atom stereocenters. The Labute approximate surface area is 101 Å². The topological polar surface area (TPSA) is 55.6 Å². The third-order valence-corrected chi connectivity index (χ3v) is 2.92. The average molecular weight is 234 g/mol. The molecule has 2 N–H and O–H groups in total. The van der Waals surface area contributed by atoms with E-state index >= 15 is 0 Å². The van der Waals surface area contributed by atoms with Crippen molar-refractivity contribution in [2.75, 3.05) is 25.0 Å². The Kier molecular flexibility index (Phi) is 3.33. The van der Waals surface area contributed by atoms with Gasteiger partial charge in [-0.1, -0.05) is 0 Å². The highest BCUT2D eigenvalue weighted by atomic mass is 16.5. The Balaban J connectivity index is 2.30. The van der Waals surface area contributed by atoms with Gasteiger partial charge in [-0.05, 0) is 31.7 Å². The number of fused-ring (bicyclic) bond motifs is 1. The van der Waals surface area contributed by atoms with Crippen molar-refractivity contribution in [3.8, 4) is 5.75 Å². The fraction of sp³-hybridized carbons (Fsp3) is 0.462. The zero-order valence-electron chi connectivity index (χ0n) is 10.3. The highest BCUT2D eigenvalue weighted by Gasteiger charge is 2.21. The molecule has 1 heterocycles. The van der Waals surface area contributed by atoms with Gasteiger partial charge < -0.3 is 15.4 Å². The van der Waals surface area contributed by atoms with Crippen LogP contribution in [0.15, 0.2) is 18.2 Å². The van der Waals surface area contributed by atoms with Crippen molar-refractivity contribution in [1.29, 1.82) is 0 Å². The maximum atomic E-state index is 11.8. The SMILES string of the molecule is CC1CN(C)c2cc(C(=O)CCN)ccc2O1. The molecule has 0 spiro atoms. The summed E-state index contributed by atoms with van der Waals surface area (Å²) < 4.78 is 5.72. The predicted molar refractivity (Wildman–Crippen MR) is 67.8 cm³/mol. The molecule has 1 aliphatic rings. The number of ether oxygens (including phenoxy) is 1. The van der Waals surface area contributed by atoms with E-state index in [1.807, 2.05) is 32.2 Å². The molecular formula is C13H18N2O2. The van der Waals surface area contributed by atoms with Crippen molar-refractivity contribution in [1.82, 2.24) is 0 Å². The first-order valence-electron chi connectivity index (χ1n) is 5.87. The summed E-state index contributed by atoms with van der Waals surface area (Å²) in [6.07, 6.45) is 0.567. The van der Waals surface area contributed by atoms with Crippen molar-refractivity contribution >= 4 is 11.5 Å². The number of benzene rings is 1. The molecule has 1 aliphatic heterocycles. The molecule has 4 heteroatoms. The first kappa shape index (κ1) is 11.9. The highest BCUT2D eigenvalue weighted by Crippen LogP contribution is 2.33. The van der Waals surface area contributed by atoms with Crippen molar-refractivity contribution in [3.63, 3.8) is 0 Å². The lowest BCUT2D eigenvalue weighted by molar-refractivity contribution is 0.0985. The van der Waals surface area contributed by atoms with Crippen molar-refractivity contribution < 1.29 is 9.53 Å². The first-order valence-corrected chi connectivity index (χ1v) is 5.87. The Morgan fingerprint density at radius 3 is 3.06 bits per heavy atom. The predicted octanol–water partition coefficient (Wildman–Crippen LogP) is 1.44. The van der Waals surface area contributed by atoms with Crippen LogP contribution in [-0.2, 0) is 0 Å². The first-order chi connectivity index (χ1) is 8.11. The summed E-state index contributed by atoms with van der Waals surface area (Å²) in [4.78, 5) is 13.9. The van der Waals surface area contributed by atoms with Crippen LogP contribution in [0, 0.1) is 0 Å². The van der Waals surface area contributed by atoms with Crippen LogP contribution in [0.25, 0.3) is 0 Å². The second-order valence-corrected chi connectivity index (χ2v) is 4.45. The molecular weight excluding hydrogens is 216 g/mol. The number of carbonyl (C=O) groups excluding carboxylic acids is 1. The smallest absolute Gasteiger partial charge is 0.164 e. The zero-order valence-corrected chi connectivity index (χ0v) is 10.3. The van der Waals surface area contributed by atoms with E-state index in [2.05, 4.69) is 4.90 Å². The number of anilines is 1. The number of ketones is 1. The van der Waals surface area contributed by atoms with E-state index in [4.69, 9.17) is 10.5 Å². The van der Waals surface area contributed by atoms with Gasteiger partial charge in [0.15, 0.2) is 5.78 Å². The van der Waals surface area contributed by atoms with Crippen molar-refractivity contribution in [2.24, 2.45) is 5.73 Å². The number of nitrogens with zero attached hydrogens (tertiary/aromatic N) is 1. The van der Waals surface area contributed by atoms with Crippen LogP contribution in [0.1, 0.15) is 23.7 Å². The number of hydrogen-bond donors (Lipinski definition) is 1. The Hall–Kier alpha value is -1.55. The van der Waals surface area contributed by atoms with Crippen LogP contribution in [0.4, 0.5) is 5.69 Å². The van der Waals surface area contributed by atoms with Crippen LogP contribution >= 0.6 is 0 Å². The normalized spacial score (nSPS) is 18.5. The van der Waals surface area contributed by atoms with E-state index in [0.717, 1.165) is 18.0 Å². The van der Waals surface area contributed by atoms with E-state index in [0.29, 0.717) is 18.5 Å². The van der Waals surface area contributed by atoms with Crippen molar-refractivity contribution in [3.05, 3.63) is 23.8 Å². The fourth-order valence-electron chi connectivity index (χ4n) is 2.10. The molecule has 1 aromatic rings. The van der Waals surface area contributed by atoms with E-state index < -0.39 is 0 Å². The summed E-state index contributed by atoms with van der Waals surface area (Å²) in [5.74, 6) is 0.929. The lowest BCUT2D eigenvalue weighted by Gasteiger charge is -2.32. The van der Waals surface area contributed by atoms with Gasteiger partial charge in [-0.25, -0.2) is 0 Å². The molecule has 0 aromatic heterocycles. The molecule has 0 saturated heterocycles. The molecule has 0 bridgehead atoms. The standard InChI is InChI=1S/C13H18N2O2/c1-9-8-15(2)11-7-10(12(16)5-6-14)3-4-13(11)17-9/h3-4,7,9H,5-6,8,14H2,1-2H3. The summed E-state index contributed by atoms with van der Waals surface area (Å²) in [6, 6.07) is 5.56. The van der Waals surface area contributed by atoms with E-state index in [1.165, 1.54) is 0 Å². The van der Waals surface area contributed by atoms with Crippen molar-refractivity contribution in [2.45, 2.75) is 19.4 Å². The molecule has 1 atom stereocenters. The molecule has 0 saturated carbocycles. The summed E-state index contributed by atoms with van der Waals surface area (Å²) in [5.41, 5.74) is 7.08. The van der Waals surface area contributed by atoms with Gasteiger partial charge in [0.05, 0.1) is 12.2 Å². The average Bonchev–Trinajstić information content (AvgIpc) is 2.28. The number of nitrogens with two attached hydrogens (primary N) is 1. The minimum absolute atomic E-state index is 0.0855. The van der Waals surface area contributed by atoms with E-state index in [1.54, 1.807) is 0 Å². The third kappa shape index (κ3) is 2.42. The Bertz CT molecular complexity index is 431. The van der Waals surface area contributed by atoms with Crippen LogP contribution in [0.5, 0.6) is 5.75 Å². The summed E-state index contributed by atoms with van der Waals surface area (Å²) >= 11 is 0. The second kappa shape index (κ2) is 4.75. The molecule has 0 fully saturated rings. The molecule has 2 rings (SSSR count). The molecule has 1 aromatic carbocycles. The molecule has 0 amide bonds. The van der Waals surface area contributed by atoms with Crippen LogP contribution in [0.2, 0.25) is 0 Å². The van der Waals surface area contributed by atoms with Gasteiger partial charge in [-0.15, -0.1) is 0 Å². The van der Waals surface area contributed by atoms with Gasteiger partial charge in [0.1, 0.15) is 11.9 Å². The van der Waals surface area contributed by atoms with E-state index in [-0.39, 0.29) is 11.9 Å². The summed E-state index contributed by atoms with van der Waals surface area (Å²) in [5, 5.41) is 0. The lowest BCUT2D eigenvalue weighted by Crippen LogP contribution is -2.35. The maximum absolute atomic E-state index is 11.8. The lowest BCUT2D eigenvalue weighted by atomic mass is 10.1. The van der Waals surface area contributed by atoms with Crippen LogP contribution in [0.3, 0.4) is 0 Å². The van der Waals surface area contributed by atoms with Crippen LogP contribution in [-0.4, -0.2) is 32.0 Å². The molecule has 17 heavy (non-hydrogen) atoms. The number of carbonyl (C=O) groups is 1.